The van der Waals surface area contributed by atoms with Crippen LogP contribution in [0.2, 0.25) is 0 Å². The Bertz CT molecular complexity index is 699. The number of likely N-dealkylation sites (N-methyl/N-ethyl adjacent to an activating group) is 1. The second-order valence-corrected chi connectivity index (χ2v) is 8.34. The maximum atomic E-state index is 13.0. The normalized spacial score (nSPS) is 25.2. The molecule has 0 radical (unpaired) electrons. The minimum atomic E-state index is 0.130. The van der Waals surface area contributed by atoms with Gasteiger partial charge >= 0.3 is 0 Å². The van der Waals surface area contributed by atoms with Gasteiger partial charge in [0.15, 0.2) is 0 Å². The Kier molecular flexibility index (Phi) is 5.85. The van der Waals surface area contributed by atoms with Gasteiger partial charge in [-0.2, -0.15) is 0 Å². The predicted molar refractivity (Wildman–Crippen MR) is 111 cm³/mol. The van der Waals surface area contributed by atoms with Crippen molar-refractivity contribution in [2.75, 3.05) is 51.2 Å². The van der Waals surface area contributed by atoms with Crippen molar-refractivity contribution in [1.29, 1.82) is 0 Å². The molecule has 2 atom stereocenters. The first kappa shape index (κ1) is 19.2. The monoisotopic (exact) mass is 384 g/mol. The van der Waals surface area contributed by atoms with Crippen LogP contribution < -0.4 is 10.2 Å². The highest BCUT2D eigenvalue weighted by molar-refractivity contribution is 5.94. The van der Waals surface area contributed by atoms with Gasteiger partial charge in [-0.15, -0.1) is 0 Å². The molecule has 28 heavy (non-hydrogen) atoms. The summed E-state index contributed by atoms with van der Waals surface area (Å²) in [6, 6.07) is 8.42. The average molecular weight is 385 g/mol. The molecule has 3 aliphatic rings. The number of rotatable bonds is 5. The van der Waals surface area contributed by atoms with E-state index in [9.17, 15) is 9.59 Å². The Morgan fingerprint density at radius 1 is 1.11 bits per heavy atom. The summed E-state index contributed by atoms with van der Waals surface area (Å²) in [5.74, 6) is 0.801. The van der Waals surface area contributed by atoms with E-state index in [4.69, 9.17) is 0 Å². The molecule has 0 aliphatic carbocycles. The predicted octanol–water partition coefficient (Wildman–Crippen LogP) is 1.96. The molecule has 6 nitrogen and oxygen atoms in total. The molecule has 1 aromatic rings. The third-order valence-corrected chi connectivity index (χ3v) is 6.62. The van der Waals surface area contributed by atoms with E-state index in [0.29, 0.717) is 12.3 Å². The largest absolute Gasteiger partial charge is 0.372 e. The van der Waals surface area contributed by atoms with E-state index < -0.39 is 0 Å². The highest BCUT2D eigenvalue weighted by Crippen LogP contribution is 2.32. The Morgan fingerprint density at radius 2 is 1.86 bits per heavy atom. The number of piperidine rings is 2. The summed E-state index contributed by atoms with van der Waals surface area (Å²) in [5.41, 5.74) is 2.00. The van der Waals surface area contributed by atoms with Crippen LogP contribution in [0, 0.1) is 5.92 Å². The number of hydrogen-bond acceptors (Lipinski definition) is 4. The van der Waals surface area contributed by atoms with E-state index in [0.717, 1.165) is 57.7 Å². The fourth-order valence-corrected chi connectivity index (χ4v) is 5.03. The van der Waals surface area contributed by atoms with Crippen LogP contribution in [0.4, 0.5) is 5.69 Å². The van der Waals surface area contributed by atoms with Crippen molar-refractivity contribution in [3.63, 3.8) is 0 Å². The molecule has 1 N–H and O–H groups in total. The number of fused-ring (bicyclic) bond motifs is 1. The number of nitrogens with one attached hydrogen (secondary N) is 1. The van der Waals surface area contributed by atoms with Crippen molar-refractivity contribution in [3.8, 4) is 0 Å². The van der Waals surface area contributed by atoms with Gasteiger partial charge in [0.2, 0.25) is 5.91 Å². The van der Waals surface area contributed by atoms with Crippen molar-refractivity contribution in [3.05, 3.63) is 29.8 Å². The number of amides is 2. The summed E-state index contributed by atoms with van der Waals surface area (Å²) < 4.78 is 0. The van der Waals surface area contributed by atoms with Crippen molar-refractivity contribution < 1.29 is 9.59 Å². The van der Waals surface area contributed by atoms with E-state index >= 15 is 0 Å². The van der Waals surface area contributed by atoms with Gasteiger partial charge in [-0.1, -0.05) is 0 Å². The summed E-state index contributed by atoms with van der Waals surface area (Å²) >= 11 is 0. The van der Waals surface area contributed by atoms with Gasteiger partial charge in [-0.05, 0) is 62.9 Å². The Balaban J connectivity index is 1.39. The summed E-state index contributed by atoms with van der Waals surface area (Å²) in [6.07, 6.45) is 4.90. The van der Waals surface area contributed by atoms with Crippen LogP contribution in [0.15, 0.2) is 24.3 Å². The first-order chi connectivity index (χ1) is 13.7. The average Bonchev–Trinajstić information content (AvgIpc) is 3.27. The van der Waals surface area contributed by atoms with Gasteiger partial charge in [0.05, 0.1) is 0 Å². The molecule has 1 aromatic carbocycles. The number of benzene rings is 1. The highest BCUT2D eigenvalue weighted by Gasteiger charge is 2.40. The fourth-order valence-electron chi connectivity index (χ4n) is 5.03. The molecule has 6 heteroatoms. The number of anilines is 1. The lowest BCUT2D eigenvalue weighted by Crippen LogP contribution is -2.57. The second-order valence-electron chi connectivity index (χ2n) is 8.34. The molecule has 0 spiro atoms. The zero-order valence-electron chi connectivity index (χ0n) is 16.9. The van der Waals surface area contributed by atoms with Gasteiger partial charge in [0, 0.05) is 63.0 Å². The molecule has 0 bridgehead atoms. The first-order valence-corrected chi connectivity index (χ1v) is 10.8. The minimum absolute atomic E-state index is 0.130. The van der Waals surface area contributed by atoms with Crippen molar-refractivity contribution in [2.45, 2.75) is 38.1 Å². The number of likely N-dealkylation sites (tertiary alicyclic amines) is 2. The quantitative estimate of drug-likeness (QED) is 0.843. The van der Waals surface area contributed by atoms with Crippen LogP contribution in [-0.4, -0.2) is 74.0 Å². The van der Waals surface area contributed by atoms with Gasteiger partial charge in [0.25, 0.3) is 5.91 Å². The summed E-state index contributed by atoms with van der Waals surface area (Å²) in [6.45, 7) is 5.32. The summed E-state index contributed by atoms with van der Waals surface area (Å²) in [5, 5.41) is 3.14. The van der Waals surface area contributed by atoms with Gasteiger partial charge in [0.1, 0.15) is 0 Å². The summed E-state index contributed by atoms with van der Waals surface area (Å²) in [7, 11) is 1.92. The smallest absolute Gasteiger partial charge is 0.253 e. The first-order valence-electron chi connectivity index (χ1n) is 10.8. The number of carbonyl (C=O) groups is 2. The van der Waals surface area contributed by atoms with Crippen molar-refractivity contribution >= 4 is 17.5 Å². The third kappa shape index (κ3) is 3.88. The fraction of sp³-hybridized carbons (Fsp3) is 0.636. The molecule has 3 aliphatic heterocycles. The molecule has 3 heterocycles. The molecule has 4 rings (SSSR count). The topological polar surface area (TPSA) is 55.9 Å². The van der Waals surface area contributed by atoms with E-state index in [2.05, 4.69) is 27.2 Å². The number of hydrogen-bond donors (Lipinski definition) is 1. The molecule has 3 fully saturated rings. The van der Waals surface area contributed by atoms with Crippen LogP contribution in [-0.2, 0) is 4.79 Å². The minimum Gasteiger partial charge on any atom is -0.372 e. The number of carbonyl (C=O) groups excluding carboxylic acids is 2. The van der Waals surface area contributed by atoms with Crippen molar-refractivity contribution in [1.82, 2.24) is 15.1 Å². The van der Waals surface area contributed by atoms with Gasteiger partial charge in [-0.3, -0.25) is 9.59 Å². The number of nitrogens with zero attached hydrogens (tertiary/aromatic N) is 3. The molecular formula is C22H32N4O2. The Hall–Kier alpha value is -2.08. The maximum Gasteiger partial charge on any atom is 0.253 e. The Labute approximate surface area is 167 Å². The third-order valence-electron chi connectivity index (χ3n) is 6.62. The van der Waals surface area contributed by atoms with Gasteiger partial charge in [-0.25, -0.2) is 0 Å². The lowest BCUT2D eigenvalue weighted by molar-refractivity contribution is -0.140. The summed E-state index contributed by atoms with van der Waals surface area (Å²) in [4.78, 5) is 31.8. The molecule has 0 saturated carbocycles. The van der Waals surface area contributed by atoms with Crippen LogP contribution in [0.1, 0.15) is 42.5 Å². The van der Waals surface area contributed by atoms with Crippen LogP contribution in [0.3, 0.4) is 0 Å². The zero-order chi connectivity index (χ0) is 19.5. The van der Waals surface area contributed by atoms with Gasteiger partial charge < -0.3 is 20.0 Å². The molecule has 2 amide bonds. The molecule has 152 valence electrons. The van der Waals surface area contributed by atoms with E-state index in [-0.39, 0.29) is 17.9 Å². The van der Waals surface area contributed by atoms with Crippen LogP contribution in [0.25, 0.3) is 0 Å². The van der Waals surface area contributed by atoms with Crippen molar-refractivity contribution in [2.24, 2.45) is 5.92 Å². The second kappa shape index (κ2) is 8.52. The molecule has 0 unspecified atom stereocenters. The van der Waals surface area contributed by atoms with E-state index in [1.807, 2.05) is 24.1 Å². The zero-order valence-corrected chi connectivity index (χ0v) is 16.9. The van der Waals surface area contributed by atoms with Crippen LogP contribution in [0.5, 0.6) is 0 Å². The molecule has 3 saturated heterocycles. The maximum absolute atomic E-state index is 13.0. The molecular weight excluding hydrogens is 352 g/mol. The van der Waals surface area contributed by atoms with Crippen LogP contribution >= 0.6 is 0 Å². The lowest BCUT2D eigenvalue weighted by atomic mass is 9.83. The Morgan fingerprint density at radius 3 is 2.57 bits per heavy atom. The lowest BCUT2D eigenvalue weighted by Gasteiger charge is -2.47. The molecule has 0 aromatic heterocycles. The SMILES string of the molecule is CNCCN1C(=O)CC[C@H]2CN(C(=O)c3ccc(N4CCCC4)cc3)CC[C@H]21. The standard InChI is InChI=1S/C22H32N4O2/c1-23-11-15-26-20-10-14-25(16-18(20)6-9-21(26)27)22(28)17-4-7-19(8-5-17)24-12-2-3-13-24/h4-5,7-8,18,20,23H,2-3,6,9-16H2,1H3/t18-,20+/m0/s1. The van der Waals surface area contributed by atoms with E-state index in [1.165, 1.54) is 18.5 Å². The van der Waals surface area contributed by atoms with E-state index in [1.54, 1.807) is 0 Å². The highest BCUT2D eigenvalue weighted by atomic mass is 16.2.